The van der Waals surface area contributed by atoms with E-state index in [1.54, 1.807) is 0 Å². The van der Waals surface area contributed by atoms with Crippen LogP contribution in [0.4, 0.5) is 0 Å². The van der Waals surface area contributed by atoms with Crippen molar-refractivity contribution in [1.29, 1.82) is 0 Å². The second-order valence-electron chi connectivity index (χ2n) is 4.26. The predicted octanol–water partition coefficient (Wildman–Crippen LogP) is 4.32. The van der Waals surface area contributed by atoms with Gasteiger partial charge in [0.2, 0.25) is 0 Å². The van der Waals surface area contributed by atoms with E-state index in [1.165, 1.54) is 0 Å². The normalized spacial score (nSPS) is 10.6. The van der Waals surface area contributed by atoms with Crippen LogP contribution in [0.5, 0.6) is 0 Å². The van der Waals surface area contributed by atoms with Gasteiger partial charge < -0.3 is 0 Å². The van der Waals surface area contributed by atoms with Crippen molar-refractivity contribution < 1.29 is 0 Å². The van der Waals surface area contributed by atoms with Gasteiger partial charge in [0, 0.05) is 20.9 Å². The van der Waals surface area contributed by atoms with Crippen LogP contribution in [-0.2, 0) is 0 Å². The summed E-state index contributed by atoms with van der Waals surface area (Å²) in [5.74, 6) is 0. The first-order chi connectivity index (χ1) is 9.24. The molecule has 2 aromatic carbocycles. The van der Waals surface area contributed by atoms with Gasteiger partial charge in [-0.25, -0.2) is 0 Å². The van der Waals surface area contributed by atoms with Gasteiger partial charge in [0.25, 0.3) is 0 Å². The third-order valence-electron chi connectivity index (χ3n) is 2.95. The molecular formula is C15H12N2S2. The van der Waals surface area contributed by atoms with Crippen molar-refractivity contribution in [3.05, 3.63) is 54.7 Å². The van der Waals surface area contributed by atoms with E-state index < -0.39 is 0 Å². The Morgan fingerprint density at radius 2 is 1.63 bits per heavy atom. The predicted molar refractivity (Wildman–Crippen MR) is 84.0 cm³/mol. The summed E-state index contributed by atoms with van der Waals surface area (Å²) in [4.78, 5) is 1.88. The molecule has 94 valence electrons. The minimum Gasteiger partial charge on any atom is -0.277 e. The number of nitrogens with zero attached hydrogens (tertiary/aromatic N) is 1. The topological polar surface area (TPSA) is 28.7 Å². The van der Waals surface area contributed by atoms with Gasteiger partial charge in [-0.2, -0.15) is 5.10 Å². The molecule has 0 unspecified atom stereocenters. The Kier molecular flexibility index (Phi) is 3.36. The molecule has 1 aromatic heterocycles. The van der Waals surface area contributed by atoms with Gasteiger partial charge in [-0.15, -0.1) is 25.3 Å². The summed E-state index contributed by atoms with van der Waals surface area (Å²) < 4.78 is 0. The van der Waals surface area contributed by atoms with E-state index in [9.17, 15) is 0 Å². The Bertz CT molecular complexity index is 702. The maximum atomic E-state index is 4.38. The molecular weight excluding hydrogens is 272 g/mol. The Balaban J connectivity index is 2.10. The molecule has 2 nitrogen and oxygen atoms in total. The maximum absolute atomic E-state index is 4.38. The largest absolute Gasteiger partial charge is 0.277 e. The van der Waals surface area contributed by atoms with E-state index in [2.05, 4.69) is 35.5 Å². The maximum Gasteiger partial charge on any atom is 0.0729 e. The minimum absolute atomic E-state index is 0.934. The Labute approximate surface area is 122 Å². The molecule has 19 heavy (non-hydrogen) atoms. The fourth-order valence-electron chi connectivity index (χ4n) is 2.03. The summed E-state index contributed by atoms with van der Waals surface area (Å²) in [5, 5.41) is 7.22. The number of aromatic nitrogens is 2. The fourth-order valence-corrected chi connectivity index (χ4v) is 2.40. The van der Waals surface area contributed by atoms with Gasteiger partial charge in [0.15, 0.2) is 0 Å². The van der Waals surface area contributed by atoms with E-state index in [4.69, 9.17) is 0 Å². The number of nitrogens with one attached hydrogen (secondary N) is 1. The van der Waals surface area contributed by atoms with Crippen molar-refractivity contribution in [1.82, 2.24) is 10.2 Å². The van der Waals surface area contributed by atoms with Crippen LogP contribution in [-0.4, -0.2) is 10.2 Å². The van der Waals surface area contributed by atoms with E-state index in [0.717, 1.165) is 32.2 Å². The van der Waals surface area contributed by atoms with Gasteiger partial charge in [-0.05, 0) is 29.8 Å². The number of hydrogen-bond donors (Lipinski definition) is 3. The molecule has 0 bridgehead atoms. The van der Waals surface area contributed by atoms with Crippen molar-refractivity contribution in [3.8, 4) is 22.4 Å². The van der Waals surface area contributed by atoms with Crippen molar-refractivity contribution in [3.63, 3.8) is 0 Å². The van der Waals surface area contributed by atoms with Crippen molar-refractivity contribution in [2.75, 3.05) is 0 Å². The molecule has 0 atom stereocenters. The third-order valence-corrected chi connectivity index (χ3v) is 3.53. The minimum atomic E-state index is 0.934. The zero-order valence-corrected chi connectivity index (χ0v) is 11.8. The van der Waals surface area contributed by atoms with Crippen molar-refractivity contribution >= 4 is 25.3 Å². The quantitative estimate of drug-likeness (QED) is 0.601. The zero-order valence-electron chi connectivity index (χ0n) is 10.0. The van der Waals surface area contributed by atoms with Gasteiger partial charge in [-0.3, -0.25) is 5.10 Å². The van der Waals surface area contributed by atoms with Crippen LogP contribution in [0.2, 0.25) is 0 Å². The van der Waals surface area contributed by atoms with Gasteiger partial charge in [0.05, 0.1) is 11.9 Å². The Morgan fingerprint density at radius 3 is 2.37 bits per heavy atom. The summed E-state index contributed by atoms with van der Waals surface area (Å²) in [6.07, 6.45) is 1.84. The lowest BCUT2D eigenvalue weighted by atomic mass is 10.0. The SMILES string of the molecule is Sc1ccc(-c2cn[nH]c2-c2cccc(S)c2)cc1. The monoisotopic (exact) mass is 284 g/mol. The van der Waals surface area contributed by atoms with Crippen LogP contribution in [0.1, 0.15) is 0 Å². The highest BCUT2D eigenvalue weighted by molar-refractivity contribution is 7.80. The number of rotatable bonds is 2. The number of aromatic amines is 1. The molecule has 0 radical (unpaired) electrons. The summed E-state index contributed by atoms with van der Waals surface area (Å²) in [5.41, 5.74) is 4.27. The molecule has 0 spiro atoms. The summed E-state index contributed by atoms with van der Waals surface area (Å²) in [7, 11) is 0. The van der Waals surface area contributed by atoms with E-state index in [-0.39, 0.29) is 0 Å². The fraction of sp³-hybridized carbons (Fsp3) is 0. The highest BCUT2D eigenvalue weighted by Gasteiger charge is 2.09. The van der Waals surface area contributed by atoms with Crippen LogP contribution >= 0.6 is 25.3 Å². The average molecular weight is 284 g/mol. The molecule has 1 heterocycles. The molecule has 0 saturated carbocycles. The average Bonchev–Trinajstić information content (AvgIpc) is 2.89. The van der Waals surface area contributed by atoms with Crippen LogP contribution < -0.4 is 0 Å². The third kappa shape index (κ3) is 2.55. The van der Waals surface area contributed by atoms with Crippen molar-refractivity contribution in [2.24, 2.45) is 0 Å². The molecule has 3 rings (SSSR count). The zero-order chi connectivity index (χ0) is 13.2. The van der Waals surface area contributed by atoms with Gasteiger partial charge in [0.1, 0.15) is 0 Å². The van der Waals surface area contributed by atoms with Gasteiger partial charge >= 0.3 is 0 Å². The van der Waals surface area contributed by atoms with Crippen LogP contribution in [0, 0.1) is 0 Å². The molecule has 0 aliphatic rings. The molecule has 0 fully saturated rings. The Morgan fingerprint density at radius 1 is 0.842 bits per heavy atom. The summed E-state index contributed by atoms with van der Waals surface area (Å²) in [6, 6.07) is 16.0. The first-order valence-corrected chi connectivity index (χ1v) is 6.75. The van der Waals surface area contributed by atoms with E-state index in [0.29, 0.717) is 0 Å². The summed E-state index contributed by atoms with van der Waals surface area (Å²) >= 11 is 8.68. The van der Waals surface area contributed by atoms with E-state index >= 15 is 0 Å². The van der Waals surface area contributed by atoms with Crippen LogP contribution in [0.25, 0.3) is 22.4 Å². The van der Waals surface area contributed by atoms with Crippen LogP contribution in [0.3, 0.4) is 0 Å². The number of H-pyrrole nitrogens is 1. The number of hydrogen-bond acceptors (Lipinski definition) is 3. The molecule has 0 amide bonds. The lowest BCUT2D eigenvalue weighted by Gasteiger charge is -2.04. The lowest BCUT2D eigenvalue weighted by molar-refractivity contribution is 1.09. The molecule has 1 N–H and O–H groups in total. The molecule has 0 aliphatic heterocycles. The highest BCUT2D eigenvalue weighted by Crippen LogP contribution is 2.31. The summed E-state index contributed by atoms with van der Waals surface area (Å²) in [6.45, 7) is 0. The number of benzene rings is 2. The molecule has 0 saturated heterocycles. The van der Waals surface area contributed by atoms with E-state index in [1.807, 2.05) is 54.7 Å². The first-order valence-electron chi connectivity index (χ1n) is 5.86. The van der Waals surface area contributed by atoms with Crippen LogP contribution in [0.15, 0.2) is 64.5 Å². The molecule has 3 aromatic rings. The van der Waals surface area contributed by atoms with Crippen molar-refractivity contribution in [2.45, 2.75) is 9.79 Å². The Hall–Kier alpha value is -1.65. The van der Waals surface area contributed by atoms with Gasteiger partial charge in [-0.1, -0.05) is 24.3 Å². The number of thiol groups is 2. The molecule has 4 heteroatoms. The second-order valence-corrected chi connectivity index (χ2v) is 5.29. The second kappa shape index (κ2) is 5.15. The highest BCUT2D eigenvalue weighted by atomic mass is 32.1. The smallest absolute Gasteiger partial charge is 0.0729 e. The standard InChI is InChI=1S/C15H12N2S2/c18-12-6-4-10(5-7-12)14-9-16-17-15(14)11-2-1-3-13(19)8-11/h1-9,18-19H,(H,16,17). The first kappa shape index (κ1) is 12.4. The molecule has 0 aliphatic carbocycles. The lowest BCUT2D eigenvalue weighted by Crippen LogP contribution is -1.83.